The molecule has 1 aromatic rings. The van der Waals surface area contributed by atoms with E-state index in [-0.39, 0.29) is 6.61 Å². The third kappa shape index (κ3) is 3.67. The van der Waals surface area contributed by atoms with E-state index >= 15 is 0 Å². The van der Waals surface area contributed by atoms with Gasteiger partial charge in [-0.1, -0.05) is 0 Å². The Morgan fingerprint density at radius 3 is 2.72 bits per heavy atom. The van der Waals surface area contributed by atoms with Gasteiger partial charge in [0.15, 0.2) is 0 Å². The fourth-order valence-corrected chi connectivity index (χ4v) is 2.71. The number of carbonyl (C=O) groups is 2. The van der Waals surface area contributed by atoms with Crippen LogP contribution in [0.4, 0.5) is 4.79 Å². The van der Waals surface area contributed by atoms with Gasteiger partial charge < -0.3 is 14.6 Å². The highest BCUT2D eigenvalue weighted by molar-refractivity contribution is 5.77. The summed E-state index contributed by atoms with van der Waals surface area (Å²) in [6.45, 7) is 6.32. The van der Waals surface area contributed by atoms with E-state index in [0.717, 1.165) is 5.01 Å². The minimum atomic E-state index is -1.18. The molecule has 134 valence electrons. The second-order valence-corrected chi connectivity index (χ2v) is 6.20. The van der Waals surface area contributed by atoms with Crippen molar-refractivity contribution in [2.45, 2.75) is 45.4 Å². The van der Waals surface area contributed by atoms with E-state index in [1.165, 1.54) is 13.0 Å². The van der Waals surface area contributed by atoms with Crippen LogP contribution in [0.3, 0.4) is 0 Å². The molecule has 8 heteroatoms. The number of hydrazine groups is 1. The van der Waals surface area contributed by atoms with Gasteiger partial charge >= 0.3 is 6.09 Å². The summed E-state index contributed by atoms with van der Waals surface area (Å²) in [6.07, 6.45) is -1.99. The smallest absolute Gasteiger partial charge is 0.429 e. The standard InChI is InChI=1S/C17H21N3O5/c1-5-24-16(23)20(19-10(2)21)14-12-8-11(9-18)6-7-13(12)25-17(3,4)15(14)22/h6-8,14-15,22H,5H2,1-4H3,(H,19,21)/t14-,15+/m0/s1. The first-order chi connectivity index (χ1) is 11.7. The lowest BCUT2D eigenvalue weighted by Gasteiger charge is -2.45. The maximum atomic E-state index is 12.4. The summed E-state index contributed by atoms with van der Waals surface area (Å²) in [5.74, 6) is -0.0820. The number of ether oxygens (including phenoxy) is 2. The number of benzene rings is 1. The van der Waals surface area contributed by atoms with Crippen molar-refractivity contribution >= 4 is 12.0 Å². The van der Waals surface area contributed by atoms with Crippen LogP contribution in [-0.4, -0.2) is 40.4 Å². The summed E-state index contributed by atoms with van der Waals surface area (Å²) < 4.78 is 10.8. The highest BCUT2D eigenvalue weighted by Crippen LogP contribution is 2.42. The predicted octanol–water partition coefficient (Wildman–Crippen LogP) is 1.64. The number of amides is 2. The monoisotopic (exact) mass is 347 g/mol. The van der Waals surface area contributed by atoms with Gasteiger partial charge in [0.05, 0.1) is 18.2 Å². The van der Waals surface area contributed by atoms with Crippen LogP contribution < -0.4 is 10.2 Å². The van der Waals surface area contributed by atoms with Gasteiger partial charge in [-0.05, 0) is 39.0 Å². The van der Waals surface area contributed by atoms with E-state index in [4.69, 9.17) is 14.7 Å². The number of fused-ring (bicyclic) bond motifs is 1. The van der Waals surface area contributed by atoms with Crippen molar-refractivity contribution in [2.75, 3.05) is 6.61 Å². The van der Waals surface area contributed by atoms with E-state index in [9.17, 15) is 14.7 Å². The Labute approximate surface area is 145 Å². The van der Waals surface area contributed by atoms with Crippen molar-refractivity contribution in [1.29, 1.82) is 5.26 Å². The molecule has 0 aromatic heterocycles. The number of aliphatic hydroxyl groups excluding tert-OH is 1. The first-order valence-corrected chi connectivity index (χ1v) is 7.85. The van der Waals surface area contributed by atoms with Crippen molar-refractivity contribution < 1.29 is 24.2 Å². The summed E-state index contributed by atoms with van der Waals surface area (Å²) in [5.41, 5.74) is 2.12. The van der Waals surface area contributed by atoms with Crippen LogP contribution >= 0.6 is 0 Å². The van der Waals surface area contributed by atoms with Gasteiger partial charge in [0, 0.05) is 12.5 Å². The zero-order valence-corrected chi connectivity index (χ0v) is 14.6. The van der Waals surface area contributed by atoms with E-state index in [1.807, 2.05) is 6.07 Å². The maximum Gasteiger partial charge on any atom is 0.429 e. The quantitative estimate of drug-likeness (QED) is 0.787. The molecular formula is C17H21N3O5. The molecule has 0 unspecified atom stereocenters. The molecule has 2 rings (SSSR count). The average molecular weight is 347 g/mol. The third-order valence-electron chi connectivity index (χ3n) is 3.86. The minimum Gasteiger partial charge on any atom is -0.485 e. The summed E-state index contributed by atoms with van der Waals surface area (Å²) >= 11 is 0. The third-order valence-corrected chi connectivity index (χ3v) is 3.86. The summed E-state index contributed by atoms with van der Waals surface area (Å²) in [5, 5.41) is 20.9. The molecule has 1 aromatic carbocycles. The zero-order valence-electron chi connectivity index (χ0n) is 14.6. The lowest BCUT2D eigenvalue weighted by molar-refractivity contribution is -0.131. The molecule has 0 saturated heterocycles. The lowest BCUT2D eigenvalue weighted by Crippen LogP contribution is -2.58. The first-order valence-electron chi connectivity index (χ1n) is 7.85. The predicted molar refractivity (Wildman–Crippen MR) is 87.3 cm³/mol. The van der Waals surface area contributed by atoms with E-state index < -0.39 is 29.7 Å². The summed E-state index contributed by atoms with van der Waals surface area (Å²) in [7, 11) is 0. The number of rotatable bonds is 2. The molecule has 1 aliphatic rings. The fraction of sp³-hybridized carbons (Fsp3) is 0.471. The Morgan fingerprint density at radius 1 is 1.48 bits per heavy atom. The molecule has 0 saturated carbocycles. The highest BCUT2D eigenvalue weighted by Gasteiger charge is 2.48. The Balaban J connectivity index is 2.60. The molecule has 2 amide bonds. The molecule has 0 spiro atoms. The molecule has 2 N–H and O–H groups in total. The molecule has 0 bridgehead atoms. The van der Waals surface area contributed by atoms with Gasteiger partial charge in [-0.2, -0.15) is 5.26 Å². The van der Waals surface area contributed by atoms with Gasteiger partial charge in [0.1, 0.15) is 23.5 Å². The van der Waals surface area contributed by atoms with Crippen LogP contribution in [-0.2, 0) is 9.53 Å². The van der Waals surface area contributed by atoms with Crippen LogP contribution in [0.5, 0.6) is 5.75 Å². The van der Waals surface area contributed by atoms with Gasteiger partial charge in [-0.25, -0.2) is 9.80 Å². The van der Waals surface area contributed by atoms with Gasteiger partial charge in [-0.15, -0.1) is 0 Å². The molecule has 8 nitrogen and oxygen atoms in total. The summed E-state index contributed by atoms with van der Waals surface area (Å²) in [6, 6.07) is 5.73. The Hall–Kier alpha value is -2.79. The van der Waals surface area contributed by atoms with Crippen molar-refractivity contribution in [3.63, 3.8) is 0 Å². The number of nitriles is 1. The largest absolute Gasteiger partial charge is 0.485 e. The minimum absolute atomic E-state index is 0.0999. The highest BCUT2D eigenvalue weighted by atomic mass is 16.6. The number of hydrogen-bond donors (Lipinski definition) is 2. The molecule has 2 atom stereocenters. The van der Waals surface area contributed by atoms with Gasteiger partial charge in [0.25, 0.3) is 0 Å². The molecule has 1 heterocycles. The molecule has 1 aliphatic heterocycles. The van der Waals surface area contributed by atoms with Crippen molar-refractivity contribution in [2.24, 2.45) is 0 Å². The van der Waals surface area contributed by atoms with Crippen LogP contribution in [0.25, 0.3) is 0 Å². The fourth-order valence-electron chi connectivity index (χ4n) is 2.71. The molecule has 0 radical (unpaired) electrons. The van der Waals surface area contributed by atoms with Gasteiger partial charge in [-0.3, -0.25) is 10.2 Å². The van der Waals surface area contributed by atoms with Crippen LogP contribution in [0, 0.1) is 11.3 Å². The maximum absolute atomic E-state index is 12.4. The molecule has 0 fully saturated rings. The number of aliphatic hydroxyl groups is 1. The Bertz CT molecular complexity index is 725. The topological polar surface area (TPSA) is 112 Å². The van der Waals surface area contributed by atoms with Crippen molar-refractivity contribution in [1.82, 2.24) is 10.4 Å². The van der Waals surface area contributed by atoms with E-state index in [1.54, 1.807) is 32.9 Å². The Kier molecular flexibility index (Phi) is 5.18. The van der Waals surface area contributed by atoms with Crippen LogP contribution in [0.1, 0.15) is 44.9 Å². The Morgan fingerprint density at radius 2 is 2.16 bits per heavy atom. The molecule has 25 heavy (non-hydrogen) atoms. The van der Waals surface area contributed by atoms with Crippen LogP contribution in [0.15, 0.2) is 18.2 Å². The summed E-state index contributed by atoms with van der Waals surface area (Å²) in [4.78, 5) is 24.0. The van der Waals surface area contributed by atoms with Crippen LogP contribution in [0.2, 0.25) is 0 Å². The van der Waals surface area contributed by atoms with Crippen molar-refractivity contribution in [3.8, 4) is 11.8 Å². The van der Waals surface area contributed by atoms with E-state index in [0.29, 0.717) is 16.9 Å². The molecule has 0 aliphatic carbocycles. The molecular weight excluding hydrogens is 326 g/mol. The second kappa shape index (κ2) is 6.99. The lowest BCUT2D eigenvalue weighted by atomic mass is 9.85. The SMILES string of the molecule is CCOC(=O)N(NC(C)=O)[C@H]1c2cc(C#N)ccc2OC(C)(C)[C@@H]1O. The average Bonchev–Trinajstić information content (AvgIpc) is 2.54. The number of nitrogens with zero attached hydrogens (tertiary/aromatic N) is 2. The zero-order chi connectivity index (χ0) is 18.8. The van der Waals surface area contributed by atoms with Gasteiger partial charge in [0.2, 0.25) is 5.91 Å². The number of hydrogen-bond acceptors (Lipinski definition) is 6. The second-order valence-electron chi connectivity index (χ2n) is 6.20. The van der Waals surface area contributed by atoms with E-state index in [2.05, 4.69) is 5.43 Å². The first kappa shape index (κ1) is 18.5. The van der Waals surface area contributed by atoms with Crippen molar-refractivity contribution in [3.05, 3.63) is 29.3 Å². The number of nitrogens with one attached hydrogen (secondary N) is 1. The normalized spacial score (nSPS) is 20.5. The number of carbonyl (C=O) groups excluding carboxylic acids is 2.